The molecule has 2 heterocycles. The quantitative estimate of drug-likeness (QED) is 0.154. The summed E-state index contributed by atoms with van der Waals surface area (Å²) in [4.78, 5) is 78.4. The number of hydrogen-bond acceptors (Lipinski definition) is 7. The van der Waals surface area contributed by atoms with Crippen molar-refractivity contribution in [2.24, 2.45) is 11.7 Å². The Morgan fingerprint density at radius 1 is 1.10 bits per heavy atom. The molecule has 2 aromatic rings. The molecule has 0 unspecified atom stereocenters. The van der Waals surface area contributed by atoms with Crippen molar-refractivity contribution in [1.29, 1.82) is 0 Å². The summed E-state index contributed by atoms with van der Waals surface area (Å²) in [6.45, 7) is 3.25. The average molecular weight is 587 g/mol. The standard InChI is InChI=1S/C28H38N6O8/c1-15(2)24(27(40)34-11-5-8-21(34)26(39)32-20(28(41)42)9-10-23(36)37)33-22(35)14-31-25(38)18(29)12-16-13-30-19-7-4-3-6-17(16)19/h3-4,6-7,13,15,18,20-21,24,30H,5,8-12,14,29H2,1-2H3,(H,31,38)(H,32,39)(H,33,35)(H,36,37)(H,41,42)/t18-,20-,21-,24-/m0/s1. The number of amides is 4. The van der Waals surface area contributed by atoms with Gasteiger partial charge in [-0.15, -0.1) is 0 Å². The Labute approximate surface area is 242 Å². The molecular formula is C28H38N6O8. The van der Waals surface area contributed by atoms with Gasteiger partial charge in [-0.05, 0) is 43.2 Å². The minimum atomic E-state index is -1.42. The van der Waals surface area contributed by atoms with Crippen LogP contribution in [0.3, 0.4) is 0 Å². The fraction of sp³-hybridized carbons (Fsp3) is 0.500. The number of nitrogens with one attached hydrogen (secondary N) is 4. The maximum atomic E-state index is 13.4. The van der Waals surface area contributed by atoms with Crippen LogP contribution in [0, 0.1) is 5.92 Å². The molecule has 14 heteroatoms. The van der Waals surface area contributed by atoms with E-state index in [9.17, 15) is 33.9 Å². The first-order valence-corrected chi connectivity index (χ1v) is 13.8. The van der Waals surface area contributed by atoms with Gasteiger partial charge >= 0.3 is 11.9 Å². The van der Waals surface area contributed by atoms with Crippen molar-refractivity contribution in [2.45, 2.75) is 70.1 Å². The van der Waals surface area contributed by atoms with E-state index >= 15 is 0 Å². The monoisotopic (exact) mass is 586 g/mol. The third-order valence-corrected chi connectivity index (χ3v) is 7.22. The third-order valence-electron chi connectivity index (χ3n) is 7.22. The van der Waals surface area contributed by atoms with E-state index in [1.54, 1.807) is 20.0 Å². The highest BCUT2D eigenvalue weighted by molar-refractivity contribution is 5.95. The van der Waals surface area contributed by atoms with Gasteiger partial charge in [0.05, 0.1) is 12.6 Å². The highest BCUT2D eigenvalue weighted by atomic mass is 16.4. The first kappa shape index (κ1) is 32.1. The van der Waals surface area contributed by atoms with Crippen LogP contribution in [0.4, 0.5) is 0 Å². The van der Waals surface area contributed by atoms with Crippen LogP contribution in [-0.2, 0) is 35.2 Å². The van der Waals surface area contributed by atoms with E-state index in [-0.39, 0.29) is 31.7 Å². The van der Waals surface area contributed by atoms with Gasteiger partial charge < -0.3 is 41.8 Å². The molecule has 0 radical (unpaired) electrons. The van der Waals surface area contributed by atoms with E-state index < -0.39 is 72.7 Å². The number of aromatic nitrogens is 1. The number of rotatable bonds is 14. The number of carboxylic acids is 2. The molecule has 1 aromatic carbocycles. The summed E-state index contributed by atoms with van der Waals surface area (Å²) in [6.07, 6.45) is 2.05. The maximum absolute atomic E-state index is 13.4. The summed E-state index contributed by atoms with van der Waals surface area (Å²) >= 11 is 0. The number of nitrogens with zero attached hydrogens (tertiary/aromatic N) is 1. The van der Waals surface area contributed by atoms with E-state index in [1.165, 1.54) is 4.90 Å². The number of aliphatic carboxylic acids is 2. The zero-order valence-corrected chi connectivity index (χ0v) is 23.6. The molecule has 3 rings (SSSR count). The lowest BCUT2D eigenvalue weighted by Crippen LogP contribution is -2.57. The molecule has 4 amide bonds. The Bertz CT molecular complexity index is 1320. The van der Waals surface area contributed by atoms with Gasteiger partial charge in [-0.1, -0.05) is 32.0 Å². The number of H-pyrrole nitrogens is 1. The molecule has 1 fully saturated rings. The minimum absolute atomic E-state index is 0.225. The molecule has 1 aromatic heterocycles. The number of likely N-dealkylation sites (tertiary alicyclic amines) is 1. The van der Waals surface area contributed by atoms with E-state index in [0.717, 1.165) is 16.5 Å². The van der Waals surface area contributed by atoms with Gasteiger partial charge in [-0.3, -0.25) is 24.0 Å². The second-order valence-corrected chi connectivity index (χ2v) is 10.7. The first-order valence-electron chi connectivity index (χ1n) is 13.8. The molecule has 42 heavy (non-hydrogen) atoms. The molecule has 14 nitrogen and oxygen atoms in total. The van der Waals surface area contributed by atoms with Crippen LogP contribution < -0.4 is 21.7 Å². The van der Waals surface area contributed by atoms with Crippen molar-refractivity contribution in [3.63, 3.8) is 0 Å². The van der Waals surface area contributed by atoms with E-state index in [1.807, 2.05) is 24.3 Å². The number of aromatic amines is 1. The van der Waals surface area contributed by atoms with Crippen molar-refractivity contribution in [3.05, 3.63) is 36.0 Å². The van der Waals surface area contributed by atoms with Gasteiger partial charge in [0.15, 0.2) is 0 Å². The van der Waals surface area contributed by atoms with Crippen molar-refractivity contribution in [2.75, 3.05) is 13.1 Å². The number of carbonyl (C=O) groups is 6. The van der Waals surface area contributed by atoms with Crippen LogP contribution in [0.2, 0.25) is 0 Å². The summed E-state index contributed by atoms with van der Waals surface area (Å²) in [7, 11) is 0. The number of hydrogen-bond donors (Lipinski definition) is 7. The van der Waals surface area contributed by atoms with Crippen LogP contribution >= 0.6 is 0 Å². The second kappa shape index (κ2) is 14.4. The smallest absolute Gasteiger partial charge is 0.326 e. The summed E-state index contributed by atoms with van der Waals surface area (Å²) in [5, 5.41) is 26.6. The van der Waals surface area contributed by atoms with E-state index in [0.29, 0.717) is 6.42 Å². The summed E-state index contributed by atoms with van der Waals surface area (Å²) < 4.78 is 0. The molecule has 8 N–H and O–H groups in total. The average Bonchev–Trinajstić information content (AvgIpc) is 3.59. The second-order valence-electron chi connectivity index (χ2n) is 10.7. The topological polar surface area (TPSA) is 224 Å². The molecule has 1 aliphatic heterocycles. The van der Waals surface area contributed by atoms with Gasteiger partial charge in [-0.2, -0.15) is 0 Å². The molecule has 4 atom stereocenters. The van der Waals surface area contributed by atoms with Crippen molar-refractivity contribution in [1.82, 2.24) is 25.8 Å². The largest absolute Gasteiger partial charge is 0.481 e. The predicted octanol–water partition coefficient (Wildman–Crippen LogP) is -0.280. The number of para-hydroxylation sites is 1. The van der Waals surface area contributed by atoms with Gasteiger partial charge in [0.2, 0.25) is 23.6 Å². The van der Waals surface area contributed by atoms with Crippen LogP contribution in [0.1, 0.15) is 45.1 Å². The first-order chi connectivity index (χ1) is 19.9. The van der Waals surface area contributed by atoms with Crippen molar-refractivity contribution in [3.8, 4) is 0 Å². The minimum Gasteiger partial charge on any atom is -0.481 e. The molecule has 1 saturated heterocycles. The molecule has 0 spiro atoms. The van der Waals surface area contributed by atoms with E-state index in [2.05, 4.69) is 20.9 Å². The maximum Gasteiger partial charge on any atom is 0.326 e. The molecule has 0 aliphatic carbocycles. The van der Waals surface area contributed by atoms with Gasteiger partial charge in [0.25, 0.3) is 0 Å². The van der Waals surface area contributed by atoms with Crippen molar-refractivity contribution < 1.29 is 39.0 Å². The number of carboxylic acid groups (broad SMARTS) is 2. The molecular weight excluding hydrogens is 548 g/mol. The normalized spacial score (nSPS) is 17.0. The summed E-state index contributed by atoms with van der Waals surface area (Å²) in [5.41, 5.74) is 7.86. The fourth-order valence-corrected chi connectivity index (χ4v) is 4.94. The number of nitrogens with two attached hydrogens (primary N) is 1. The molecule has 228 valence electrons. The predicted molar refractivity (Wildman–Crippen MR) is 151 cm³/mol. The lowest BCUT2D eigenvalue weighted by Gasteiger charge is -2.31. The molecule has 0 bridgehead atoms. The highest BCUT2D eigenvalue weighted by Gasteiger charge is 2.39. The van der Waals surface area contributed by atoms with Crippen molar-refractivity contribution >= 4 is 46.5 Å². The zero-order valence-electron chi connectivity index (χ0n) is 23.6. The van der Waals surface area contributed by atoms with Crippen LogP contribution in [0.5, 0.6) is 0 Å². The highest BCUT2D eigenvalue weighted by Crippen LogP contribution is 2.21. The summed E-state index contributed by atoms with van der Waals surface area (Å²) in [6, 6.07) is 3.30. The van der Waals surface area contributed by atoms with Gasteiger partial charge in [-0.25, -0.2) is 4.79 Å². The van der Waals surface area contributed by atoms with Crippen LogP contribution in [0.25, 0.3) is 10.9 Å². The van der Waals surface area contributed by atoms with Gasteiger partial charge in [0, 0.05) is 30.1 Å². The molecule has 0 saturated carbocycles. The summed E-state index contributed by atoms with van der Waals surface area (Å²) in [5.74, 6) is -5.32. The Morgan fingerprint density at radius 3 is 2.48 bits per heavy atom. The van der Waals surface area contributed by atoms with E-state index in [4.69, 9.17) is 10.8 Å². The SMILES string of the molecule is CC(C)[C@H](NC(=O)CNC(=O)[C@@H](N)Cc1c[nH]c2ccccc12)C(=O)N1CCC[C@H]1C(=O)N[C@@H](CCC(=O)O)C(=O)O. The zero-order chi connectivity index (χ0) is 31.0. The number of benzene rings is 1. The van der Waals surface area contributed by atoms with Crippen LogP contribution in [0.15, 0.2) is 30.5 Å². The number of fused-ring (bicyclic) bond motifs is 1. The third kappa shape index (κ3) is 8.28. The Hall–Kier alpha value is -4.46. The Kier molecular flexibility index (Phi) is 11.0. The lowest BCUT2D eigenvalue weighted by molar-refractivity contribution is -0.145. The number of carbonyl (C=O) groups excluding carboxylic acids is 4. The Morgan fingerprint density at radius 2 is 1.81 bits per heavy atom. The lowest BCUT2D eigenvalue weighted by atomic mass is 10.0. The van der Waals surface area contributed by atoms with Crippen LogP contribution in [-0.4, -0.2) is 92.9 Å². The Balaban J connectivity index is 1.56. The van der Waals surface area contributed by atoms with Gasteiger partial charge in [0.1, 0.15) is 18.1 Å². The fourth-order valence-electron chi connectivity index (χ4n) is 4.94. The molecule has 1 aliphatic rings.